The predicted octanol–water partition coefficient (Wildman–Crippen LogP) is 0.0690. The van der Waals surface area contributed by atoms with Crippen LogP contribution < -0.4 is 10.6 Å². The number of nitrogens with two attached hydrogens (primary N) is 1. The Balaban J connectivity index is 2.01. The second-order valence-corrected chi connectivity index (χ2v) is 3.60. The van der Waals surface area contributed by atoms with E-state index in [-0.39, 0.29) is 0 Å². The first kappa shape index (κ1) is 10.1. The number of hydrogen-bond acceptors (Lipinski definition) is 6. The summed E-state index contributed by atoms with van der Waals surface area (Å²) >= 11 is 0. The van der Waals surface area contributed by atoms with Crippen molar-refractivity contribution in [2.24, 2.45) is 0 Å². The zero-order chi connectivity index (χ0) is 10.7. The van der Waals surface area contributed by atoms with Crippen molar-refractivity contribution in [1.29, 1.82) is 0 Å². The first-order chi connectivity index (χ1) is 7.29. The Kier molecular flexibility index (Phi) is 2.96. The first-order valence-electron chi connectivity index (χ1n) is 5.02. The van der Waals surface area contributed by atoms with Gasteiger partial charge in [0.05, 0.1) is 12.3 Å². The van der Waals surface area contributed by atoms with Crippen LogP contribution >= 0.6 is 0 Å². The summed E-state index contributed by atoms with van der Waals surface area (Å²) in [6, 6.07) is 0. The Morgan fingerprint density at radius 2 is 2.20 bits per heavy atom. The molecular weight excluding hydrogens is 194 g/mol. The van der Waals surface area contributed by atoms with E-state index in [1.165, 1.54) is 6.20 Å². The molecule has 2 rings (SSSR count). The van der Waals surface area contributed by atoms with Crippen LogP contribution in [-0.4, -0.2) is 41.5 Å². The molecule has 0 saturated carbocycles. The quantitative estimate of drug-likeness (QED) is 0.742. The van der Waals surface area contributed by atoms with Crippen molar-refractivity contribution in [2.45, 2.75) is 18.9 Å². The highest BCUT2D eigenvalue weighted by Gasteiger charge is 2.20. The summed E-state index contributed by atoms with van der Waals surface area (Å²) in [5.74, 6) is 1.03. The number of hydrogen-bond donors (Lipinski definition) is 1. The molecule has 6 heteroatoms. The van der Waals surface area contributed by atoms with E-state index in [1.54, 1.807) is 7.11 Å². The summed E-state index contributed by atoms with van der Waals surface area (Å²) in [6.07, 6.45) is 3.80. The molecule has 0 aliphatic carbocycles. The Morgan fingerprint density at radius 1 is 1.47 bits per heavy atom. The third-order valence-corrected chi connectivity index (χ3v) is 2.62. The van der Waals surface area contributed by atoms with Crippen molar-refractivity contribution in [3.8, 4) is 0 Å². The SMILES string of the molecule is COC1CCN(c2nncc(N)n2)CC1. The number of ether oxygens (including phenoxy) is 1. The summed E-state index contributed by atoms with van der Waals surface area (Å²) < 4.78 is 5.29. The lowest BCUT2D eigenvalue weighted by molar-refractivity contribution is 0.0816. The molecule has 0 bridgehead atoms. The maximum atomic E-state index is 5.55. The monoisotopic (exact) mass is 209 g/mol. The normalized spacial score (nSPS) is 18.1. The minimum absolute atomic E-state index is 0.357. The van der Waals surface area contributed by atoms with Crippen LogP contribution in [0.1, 0.15) is 12.8 Å². The fourth-order valence-electron chi connectivity index (χ4n) is 1.73. The van der Waals surface area contributed by atoms with Crippen LogP contribution in [0.5, 0.6) is 0 Å². The molecule has 0 atom stereocenters. The standard InChI is InChI=1S/C9H15N5O/c1-15-7-2-4-14(5-3-7)9-12-8(10)6-11-13-9/h6-7H,2-5H2,1H3,(H2,10,12,13). The number of aromatic nitrogens is 3. The van der Waals surface area contributed by atoms with E-state index in [2.05, 4.69) is 20.1 Å². The summed E-state index contributed by atoms with van der Waals surface area (Å²) in [5, 5.41) is 7.75. The average Bonchev–Trinajstić information content (AvgIpc) is 2.29. The molecule has 1 saturated heterocycles. The van der Waals surface area contributed by atoms with Crippen molar-refractivity contribution in [3.63, 3.8) is 0 Å². The average molecular weight is 209 g/mol. The number of nitrogen functional groups attached to an aromatic ring is 1. The fourth-order valence-corrected chi connectivity index (χ4v) is 1.73. The summed E-state index contributed by atoms with van der Waals surface area (Å²) in [7, 11) is 1.75. The van der Waals surface area contributed by atoms with Crippen molar-refractivity contribution < 1.29 is 4.74 Å². The second kappa shape index (κ2) is 4.39. The molecule has 0 radical (unpaired) electrons. The van der Waals surface area contributed by atoms with Gasteiger partial charge in [-0.15, -0.1) is 5.10 Å². The van der Waals surface area contributed by atoms with Crippen molar-refractivity contribution in [1.82, 2.24) is 15.2 Å². The molecule has 6 nitrogen and oxygen atoms in total. The predicted molar refractivity (Wildman–Crippen MR) is 56.5 cm³/mol. The van der Waals surface area contributed by atoms with E-state index in [1.807, 2.05) is 0 Å². The molecule has 15 heavy (non-hydrogen) atoms. The molecule has 0 aromatic carbocycles. The van der Waals surface area contributed by atoms with Gasteiger partial charge in [0.2, 0.25) is 5.95 Å². The zero-order valence-corrected chi connectivity index (χ0v) is 8.76. The van der Waals surface area contributed by atoms with Gasteiger partial charge in [-0.05, 0) is 12.8 Å². The Hall–Kier alpha value is -1.43. The molecule has 1 aliphatic heterocycles. The third-order valence-electron chi connectivity index (χ3n) is 2.62. The molecule has 82 valence electrons. The fraction of sp³-hybridized carbons (Fsp3) is 0.667. The lowest BCUT2D eigenvalue weighted by Crippen LogP contribution is -2.37. The number of anilines is 2. The highest BCUT2D eigenvalue weighted by Crippen LogP contribution is 2.17. The van der Waals surface area contributed by atoms with Crippen LogP contribution in [0.25, 0.3) is 0 Å². The van der Waals surface area contributed by atoms with Crippen LogP contribution in [0.15, 0.2) is 6.20 Å². The number of nitrogens with zero attached hydrogens (tertiary/aromatic N) is 4. The van der Waals surface area contributed by atoms with Crippen LogP contribution in [-0.2, 0) is 4.74 Å². The number of piperidine rings is 1. The number of rotatable bonds is 2. The second-order valence-electron chi connectivity index (χ2n) is 3.60. The summed E-state index contributed by atoms with van der Waals surface area (Å²) in [5.41, 5.74) is 5.55. The molecule has 2 N–H and O–H groups in total. The Morgan fingerprint density at radius 3 is 2.80 bits per heavy atom. The van der Waals surface area contributed by atoms with Gasteiger partial charge in [-0.2, -0.15) is 10.1 Å². The minimum atomic E-state index is 0.357. The molecular formula is C9H15N5O. The van der Waals surface area contributed by atoms with Crippen molar-refractivity contribution in [2.75, 3.05) is 30.8 Å². The van der Waals surface area contributed by atoms with E-state index >= 15 is 0 Å². The molecule has 0 unspecified atom stereocenters. The van der Waals surface area contributed by atoms with E-state index in [0.717, 1.165) is 25.9 Å². The summed E-state index contributed by atoms with van der Waals surface area (Å²) in [4.78, 5) is 6.22. The minimum Gasteiger partial charge on any atom is -0.382 e. The van der Waals surface area contributed by atoms with E-state index < -0.39 is 0 Å². The molecule has 1 aromatic heterocycles. The van der Waals surface area contributed by atoms with Crippen LogP contribution in [0.4, 0.5) is 11.8 Å². The Labute approximate surface area is 88.5 Å². The maximum absolute atomic E-state index is 5.55. The molecule has 1 aromatic rings. The highest BCUT2D eigenvalue weighted by atomic mass is 16.5. The zero-order valence-electron chi connectivity index (χ0n) is 8.76. The first-order valence-corrected chi connectivity index (χ1v) is 5.02. The molecule has 0 spiro atoms. The van der Waals surface area contributed by atoms with Gasteiger partial charge < -0.3 is 15.4 Å². The molecule has 0 amide bonds. The molecule has 2 heterocycles. The van der Waals surface area contributed by atoms with Gasteiger partial charge >= 0.3 is 0 Å². The van der Waals surface area contributed by atoms with Gasteiger partial charge in [0, 0.05) is 20.2 Å². The van der Waals surface area contributed by atoms with E-state index in [4.69, 9.17) is 10.5 Å². The van der Waals surface area contributed by atoms with Crippen molar-refractivity contribution in [3.05, 3.63) is 6.20 Å². The molecule has 1 fully saturated rings. The van der Waals surface area contributed by atoms with Crippen molar-refractivity contribution >= 4 is 11.8 Å². The van der Waals surface area contributed by atoms with Gasteiger partial charge in [-0.3, -0.25) is 0 Å². The largest absolute Gasteiger partial charge is 0.382 e. The topological polar surface area (TPSA) is 77.2 Å². The van der Waals surface area contributed by atoms with Gasteiger partial charge in [-0.25, -0.2) is 0 Å². The molecule has 1 aliphatic rings. The van der Waals surface area contributed by atoms with Crippen LogP contribution in [0.3, 0.4) is 0 Å². The lowest BCUT2D eigenvalue weighted by atomic mass is 10.1. The van der Waals surface area contributed by atoms with Gasteiger partial charge in [0.15, 0.2) is 0 Å². The van der Waals surface area contributed by atoms with E-state index in [0.29, 0.717) is 17.9 Å². The third kappa shape index (κ3) is 2.33. The smallest absolute Gasteiger partial charge is 0.247 e. The van der Waals surface area contributed by atoms with Gasteiger partial charge in [0.25, 0.3) is 0 Å². The maximum Gasteiger partial charge on any atom is 0.247 e. The Bertz CT molecular complexity index is 324. The van der Waals surface area contributed by atoms with Gasteiger partial charge in [-0.1, -0.05) is 0 Å². The van der Waals surface area contributed by atoms with Crippen LogP contribution in [0.2, 0.25) is 0 Å². The van der Waals surface area contributed by atoms with E-state index in [9.17, 15) is 0 Å². The lowest BCUT2D eigenvalue weighted by Gasteiger charge is -2.30. The number of methoxy groups -OCH3 is 1. The van der Waals surface area contributed by atoms with Gasteiger partial charge in [0.1, 0.15) is 5.82 Å². The summed E-state index contributed by atoms with van der Waals surface area (Å²) in [6.45, 7) is 1.78. The highest BCUT2D eigenvalue weighted by molar-refractivity contribution is 5.35. The van der Waals surface area contributed by atoms with Crippen LogP contribution in [0, 0.1) is 0 Å².